The van der Waals surface area contributed by atoms with Gasteiger partial charge in [0, 0.05) is 15.8 Å². The maximum Gasteiger partial charge on any atom is 0.326 e. The van der Waals surface area contributed by atoms with E-state index in [1.165, 1.54) is 18.3 Å². The minimum absolute atomic E-state index is 0.325. The topological polar surface area (TPSA) is 84.5 Å². The molecule has 0 saturated carbocycles. The number of benzene rings is 2. The average Bonchev–Trinajstić information content (AvgIpc) is 3.04. The minimum atomic E-state index is -1.00. The second-order valence-corrected chi connectivity index (χ2v) is 7.34. The first kappa shape index (κ1) is 19.9. The molecule has 0 fully saturated rings. The maximum absolute atomic E-state index is 12.3. The van der Waals surface area contributed by atoms with Crippen LogP contribution in [-0.4, -0.2) is 30.4 Å². The van der Waals surface area contributed by atoms with Crippen LogP contribution in [-0.2, 0) is 14.3 Å². The number of nitrogens with one attached hydrogen (secondary N) is 2. The molecule has 28 heavy (non-hydrogen) atoms. The van der Waals surface area contributed by atoms with E-state index < -0.39 is 23.9 Å². The summed E-state index contributed by atoms with van der Waals surface area (Å²) >= 11 is 7.49. The maximum atomic E-state index is 12.3. The molecule has 8 heteroatoms. The van der Waals surface area contributed by atoms with E-state index in [9.17, 15) is 14.4 Å². The number of hydrogen-bond acceptors (Lipinski definition) is 5. The number of carbonyl (C=O) groups excluding carboxylic acids is 3. The van der Waals surface area contributed by atoms with Gasteiger partial charge in [0.25, 0.3) is 11.8 Å². The van der Waals surface area contributed by atoms with Crippen LogP contribution in [0.1, 0.15) is 16.6 Å². The number of amides is 2. The first-order chi connectivity index (χ1) is 13.5. The fraction of sp³-hybridized carbons (Fsp3) is 0.150. The normalized spacial score (nSPS) is 11.6. The highest BCUT2D eigenvalue weighted by atomic mass is 35.5. The molecular formula is C20H17ClN2O4S. The molecule has 0 unspecified atom stereocenters. The van der Waals surface area contributed by atoms with Crippen molar-refractivity contribution in [3.05, 3.63) is 64.5 Å². The number of rotatable bonds is 6. The highest BCUT2D eigenvalue weighted by Crippen LogP contribution is 2.34. The van der Waals surface area contributed by atoms with Crippen molar-refractivity contribution in [2.45, 2.75) is 13.0 Å². The lowest BCUT2D eigenvalue weighted by Gasteiger charge is -2.13. The van der Waals surface area contributed by atoms with Gasteiger partial charge in [0.2, 0.25) is 0 Å². The van der Waals surface area contributed by atoms with E-state index in [1.54, 1.807) is 24.3 Å². The van der Waals surface area contributed by atoms with E-state index in [-0.39, 0.29) is 6.54 Å². The number of thiophene rings is 1. The summed E-state index contributed by atoms with van der Waals surface area (Å²) in [5.74, 6) is -1.65. The Balaban J connectivity index is 1.52. The summed E-state index contributed by atoms with van der Waals surface area (Å²) in [5.41, 5.74) is 0.600. The molecular weight excluding hydrogens is 400 g/mol. The van der Waals surface area contributed by atoms with Crippen LogP contribution in [0.25, 0.3) is 10.1 Å². The lowest BCUT2D eigenvalue weighted by atomic mass is 10.2. The van der Waals surface area contributed by atoms with Crippen LogP contribution in [0.3, 0.4) is 0 Å². The Morgan fingerprint density at radius 1 is 1.07 bits per heavy atom. The van der Waals surface area contributed by atoms with Crippen molar-refractivity contribution in [2.75, 3.05) is 11.9 Å². The molecule has 3 aromatic rings. The summed E-state index contributed by atoms with van der Waals surface area (Å²) in [6.07, 6.45) is -1.00. The predicted molar refractivity (Wildman–Crippen MR) is 110 cm³/mol. The summed E-state index contributed by atoms with van der Waals surface area (Å²) in [4.78, 5) is 36.7. The van der Waals surface area contributed by atoms with Crippen molar-refractivity contribution in [1.82, 2.24) is 5.32 Å². The van der Waals surface area contributed by atoms with Crippen molar-refractivity contribution in [3.8, 4) is 0 Å². The molecule has 6 nitrogen and oxygen atoms in total. The lowest BCUT2D eigenvalue weighted by molar-refractivity contribution is -0.152. The molecule has 0 bridgehead atoms. The highest BCUT2D eigenvalue weighted by molar-refractivity contribution is 7.21. The number of halogens is 1. The van der Waals surface area contributed by atoms with Gasteiger partial charge in [-0.3, -0.25) is 14.4 Å². The van der Waals surface area contributed by atoms with Gasteiger partial charge in [0.15, 0.2) is 6.10 Å². The molecule has 1 aromatic heterocycles. The largest absolute Gasteiger partial charge is 0.451 e. The SMILES string of the molecule is C[C@H](OC(=O)CNC(=O)c1sc2ccccc2c1Cl)C(=O)Nc1ccccc1. The molecule has 144 valence electrons. The van der Waals surface area contributed by atoms with E-state index in [2.05, 4.69) is 10.6 Å². The van der Waals surface area contributed by atoms with E-state index in [0.29, 0.717) is 15.6 Å². The third kappa shape index (κ3) is 4.68. The fourth-order valence-corrected chi connectivity index (χ4v) is 3.88. The van der Waals surface area contributed by atoms with Gasteiger partial charge in [0.05, 0.1) is 5.02 Å². The average molecular weight is 417 g/mol. The van der Waals surface area contributed by atoms with Gasteiger partial charge in [-0.1, -0.05) is 48.0 Å². The second kappa shape index (κ2) is 8.86. The van der Waals surface area contributed by atoms with Gasteiger partial charge in [0.1, 0.15) is 11.4 Å². The molecule has 0 aliphatic heterocycles. The van der Waals surface area contributed by atoms with Gasteiger partial charge >= 0.3 is 5.97 Å². The monoisotopic (exact) mass is 416 g/mol. The number of carbonyl (C=O) groups is 3. The number of ether oxygens (including phenoxy) is 1. The first-order valence-corrected chi connectivity index (χ1v) is 9.66. The Kier molecular flexibility index (Phi) is 6.28. The summed E-state index contributed by atoms with van der Waals surface area (Å²) in [6.45, 7) is 1.09. The Hall–Kier alpha value is -2.90. The molecule has 2 amide bonds. The third-order valence-corrected chi connectivity index (χ3v) is 5.53. The second-order valence-electron chi connectivity index (χ2n) is 5.91. The molecule has 0 saturated heterocycles. The van der Waals surface area contributed by atoms with Crippen LogP contribution >= 0.6 is 22.9 Å². The smallest absolute Gasteiger partial charge is 0.326 e. The fourth-order valence-electron chi connectivity index (χ4n) is 2.45. The summed E-state index contributed by atoms with van der Waals surface area (Å²) in [7, 11) is 0. The van der Waals surface area contributed by atoms with Crippen LogP contribution in [0.2, 0.25) is 5.02 Å². The Morgan fingerprint density at radius 3 is 2.46 bits per heavy atom. The number of anilines is 1. The van der Waals surface area contributed by atoms with Crippen molar-refractivity contribution < 1.29 is 19.1 Å². The Bertz CT molecular complexity index is 1020. The van der Waals surface area contributed by atoms with Crippen LogP contribution in [0, 0.1) is 0 Å². The van der Waals surface area contributed by atoms with Crippen molar-refractivity contribution in [3.63, 3.8) is 0 Å². The number of hydrogen-bond donors (Lipinski definition) is 2. The summed E-state index contributed by atoms with van der Waals surface area (Å²) in [5, 5.41) is 6.25. The van der Waals surface area contributed by atoms with Crippen molar-refractivity contribution in [1.29, 1.82) is 0 Å². The van der Waals surface area contributed by atoms with Crippen LogP contribution in [0.4, 0.5) is 5.69 Å². The molecule has 0 aliphatic carbocycles. The highest BCUT2D eigenvalue weighted by Gasteiger charge is 2.20. The lowest BCUT2D eigenvalue weighted by Crippen LogP contribution is -2.35. The van der Waals surface area contributed by atoms with Gasteiger partial charge < -0.3 is 15.4 Å². The molecule has 1 atom stereocenters. The number of esters is 1. The third-order valence-electron chi connectivity index (χ3n) is 3.85. The standard InChI is InChI=1S/C20H17ClN2O4S/c1-12(19(25)23-13-7-3-2-4-8-13)27-16(24)11-22-20(26)18-17(21)14-9-5-6-10-15(14)28-18/h2-10,12H,11H2,1H3,(H,22,26)(H,23,25)/t12-/m0/s1. The summed E-state index contributed by atoms with van der Waals surface area (Å²) in [6, 6.07) is 16.2. The van der Waals surface area contributed by atoms with Crippen LogP contribution in [0.15, 0.2) is 54.6 Å². The van der Waals surface area contributed by atoms with Crippen molar-refractivity contribution in [2.24, 2.45) is 0 Å². The number of fused-ring (bicyclic) bond motifs is 1. The van der Waals surface area contributed by atoms with E-state index >= 15 is 0 Å². The van der Waals surface area contributed by atoms with E-state index in [0.717, 1.165) is 10.1 Å². The number of para-hydroxylation sites is 1. The molecule has 3 rings (SSSR count). The zero-order valence-electron chi connectivity index (χ0n) is 14.9. The van der Waals surface area contributed by atoms with Gasteiger partial charge in [-0.05, 0) is 25.1 Å². The first-order valence-electron chi connectivity index (χ1n) is 8.46. The zero-order chi connectivity index (χ0) is 20.1. The van der Waals surface area contributed by atoms with Gasteiger partial charge in [-0.15, -0.1) is 11.3 Å². The molecule has 2 N–H and O–H groups in total. The zero-order valence-corrected chi connectivity index (χ0v) is 16.5. The van der Waals surface area contributed by atoms with Gasteiger partial charge in [-0.25, -0.2) is 0 Å². The Labute approximate surface area is 170 Å². The minimum Gasteiger partial charge on any atom is -0.451 e. The molecule has 0 radical (unpaired) electrons. The van der Waals surface area contributed by atoms with Gasteiger partial charge in [-0.2, -0.15) is 0 Å². The molecule has 0 aliphatic rings. The van der Waals surface area contributed by atoms with Crippen LogP contribution in [0.5, 0.6) is 0 Å². The molecule has 2 aromatic carbocycles. The van der Waals surface area contributed by atoms with Crippen molar-refractivity contribution >= 4 is 56.5 Å². The van der Waals surface area contributed by atoms with E-state index in [1.807, 2.05) is 30.3 Å². The predicted octanol–water partition coefficient (Wildman–Crippen LogP) is 3.85. The quantitative estimate of drug-likeness (QED) is 0.597. The molecule has 0 spiro atoms. The summed E-state index contributed by atoms with van der Waals surface area (Å²) < 4.78 is 5.95. The van der Waals surface area contributed by atoms with E-state index in [4.69, 9.17) is 16.3 Å². The van der Waals surface area contributed by atoms with Crippen LogP contribution < -0.4 is 10.6 Å². The molecule has 1 heterocycles. The Morgan fingerprint density at radius 2 is 1.75 bits per heavy atom.